The minimum Gasteiger partial charge on any atom is -0.392 e. The molecule has 0 aliphatic carbocycles. The Balaban J connectivity index is 4.50. The van der Waals surface area contributed by atoms with E-state index in [-0.39, 0.29) is 12.2 Å². The molecule has 0 bridgehead atoms. The normalized spacial score (nSPS) is 14.5. The topological polar surface area (TPSA) is 46.9 Å². The van der Waals surface area contributed by atoms with Gasteiger partial charge in [0.05, 0.1) is 12.2 Å². The van der Waals surface area contributed by atoms with Crippen molar-refractivity contribution in [3.8, 4) is 0 Å². The van der Waals surface area contributed by atoms with E-state index in [1.807, 2.05) is 0 Å². The lowest BCUT2D eigenvalue weighted by atomic mass is 9.96. The highest BCUT2D eigenvalue weighted by atomic mass is 16.3. The molecule has 0 amide bonds. The van der Waals surface area contributed by atoms with Gasteiger partial charge in [0.25, 0.3) is 0 Å². The van der Waals surface area contributed by atoms with Crippen LogP contribution in [-0.4, -0.2) is 72.0 Å². The summed E-state index contributed by atoms with van der Waals surface area (Å²) in [5.41, 5.74) is 0. The van der Waals surface area contributed by atoms with E-state index in [2.05, 4.69) is 51.5 Å². The Kier molecular flexibility index (Phi) is 39.4. The molecular weight excluding hydrogens is 625 g/mol. The standard InChI is InChI=1S/C47H98N2O2/c1-7-10-13-16-19-22-24-26-29-32-36-44(4)41-49(42-46(50)38-34-31-28-25-23-20-17-14-11-8-2)40-35-39-48(6)43-47(51)45(5)37-33-30-27-21-18-15-12-9-3/h44-47,50-51H,7-43H2,1-6H3. The lowest BCUT2D eigenvalue weighted by molar-refractivity contribution is 0.0694. The maximum absolute atomic E-state index is 11.1. The first-order chi connectivity index (χ1) is 24.8. The SMILES string of the molecule is CCCCCCCCCCCCC(C)CN(CCCN(C)CC(O)C(C)CCCCCCCCCC)CC(O)CCCCCCCCCCCC. The minimum absolute atomic E-state index is 0.208. The predicted molar refractivity (Wildman–Crippen MR) is 229 cm³/mol. The van der Waals surface area contributed by atoms with Crippen LogP contribution in [0.4, 0.5) is 0 Å². The zero-order valence-corrected chi connectivity index (χ0v) is 36.3. The lowest BCUT2D eigenvalue weighted by Crippen LogP contribution is -2.38. The fraction of sp³-hybridized carbons (Fsp3) is 1.00. The van der Waals surface area contributed by atoms with Crippen LogP contribution in [0, 0.1) is 11.8 Å². The van der Waals surface area contributed by atoms with Crippen molar-refractivity contribution in [1.29, 1.82) is 0 Å². The average molecular weight is 723 g/mol. The summed E-state index contributed by atoms with van der Waals surface area (Å²) in [4.78, 5) is 4.93. The van der Waals surface area contributed by atoms with E-state index >= 15 is 0 Å². The van der Waals surface area contributed by atoms with E-state index in [0.717, 1.165) is 58.4 Å². The van der Waals surface area contributed by atoms with Gasteiger partial charge in [0.2, 0.25) is 0 Å². The van der Waals surface area contributed by atoms with Gasteiger partial charge in [0.1, 0.15) is 0 Å². The first-order valence-electron chi connectivity index (χ1n) is 23.6. The molecule has 4 nitrogen and oxygen atoms in total. The number of nitrogens with zero attached hydrogens (tertiary/aromatic N) is 2. The second-order valence-corrected chi connectivity index (χ2v) is 17.4. The fourth-order valence-corrected chi connectivity index (χ4v) is 7.97. The van der Waals surface area contributed by atoms with E-state index < -0.39 is 0 Å². The third-order valence-corrected chi connectivity index (χ3v) is 11.7. The number of rotatable bonds is 42. The van der Waals surface area contributed by atoms with Gasteiger partial charge >= 0.3 is 0 Å². The zero-order chi connectivity index (χ0) is 37.6. The lowest BCUT2D eigenvalue weighted by Gasteiger charge is -2.29. The molecule has 0 rings (SSSR count). The van der Waals surface area contributed by atoms with Crippen LogP contribution in [0.15, 0.2) is 0 Å². The van der Waals surface area contributed by atoms with E-state index in [4.69, 9.17) is 0 Å². The molecule has 0 aromatic carbocycles. The Morgan fingerprint density at radius 2 is 0.765 bits per heavy atom. The Morgan fingerprint density at radius 1 is 0.392 bits per heavy atom. The molecule has 4 atom stereocenters. The second-order valence-electron chi connectivity index (χ2n) is 17.4. The van der Waals surface area contributed by atoms with Gasteiger partial charge in [-0.3, -0.25) is 0 Å². The van der Waals surface area contributed by atoms with Crippen molar-refractivity contribution >= 4 is 0 Å². The fourth-order valence-electron chi connectivity index (χ4n) is 7.97. The van der Waals surface area contributed by atoms with Crippen LogP contribution in [0.3, 0.4) is 0 Å². The molecule has 0 saturated carbocycles. The Bertz CT molecular complexity index is 628. The highest BCUT2D eigenvalue weighted by Gasteiger charge is 2.18. The number of unbranched alkanes of at least 4 members (excludes halogenated alkanes) is 25. The molecule has 2 N–H and O–H groups in total. The van der Waals surface area contributed by atoms with Gasteiger partial charge in [0, 0.05) is 19.6 Å². The Hall–Kier alpha value is -0.160. The summed E-state index contributed by atoms with van der Waals surface area (Å²) in [6.45, 7) is 16.3. The first kappa shape index (κ1) is 50.8. The maximum atomic E-state index is 11.1. The molecule has 4 unspecified atom stereocenters. The zero-order valence-electron chi connectivity index (χ0n) is 36.3. The monoisotopic (exact) mass is 723 g/mol. The number of aliphatic hydroxyl groups excluding tert-OH is 2. The van der Waals surface area contributed by atoms with Gasteiger partial charge in [-0.25, -0.2) is 0 Å². The number of aliphatic hydroxyl groups is 2. The van der Waals surface area contributed by atoms with Gasteiger partial charge in [-0.15, -0.1) is 0 Å². The summed E-state index contributed by atoms with van der Waals surface area (Å²) in [6.07, 6.45) is 42.3. The van der Waals surface area contributed by atoms with E-state index in [9.17, 15) is 10.2 Å². The smallest absolute Gasteiger partial charge is 0.0692 e. The third-order valence-electron chi connectivity index (χ3n) is 11.7. The summed E-state index contributed by atoms with van der Waals surface area (Å²) >= 11 is 0. The van der Waals surface area contributed by atoms with Crippen LogP contribution in [0.1, 0.15) is 240 Å². The van der Waals surface area contributed by atoms with Crippen LogP contribution < -0.4 is 0 Å². The molecule has 0 saturated heterocycles. The molecule has 308 valence electrons. The van der Waals surface area contributed by atoms with Crippen molar-refractivity contribution < 1.29 is 10.2 Å². The molecule has 0 heterocycles. The predicted octanol–water partition coefficient (Wildman–Crippen LogP) is 13.8. The Morgan fingerprint density at radius 3 is 1.20 bits per heavy atom. The molecule has 0 spiro atoms. The molecule has 0 aliphatic heterocycles. The molecule has 0 radical (unpaired) electrons. The first-order valence-corrected chi connectivity index (χ1v) is 23.6. The van der Waals surface area contributed by atoms with Gasteiger partial charge in [-0.1, -0.05) is 214 Å². The number of hydrogen-bond donors (Lipinski definition) is 2. The summed E-state index contributed by atoms with van der Waals surface area (Å²) < 4.78 is 0. The highest BCUT2D eigenvalue weighted by molar-refractivity contribution is 4.72. The number of hydrogen-bond acceptors (Lipinski definition) is 4. The average Bonchev–Trinajstić information content (AvgIpc) is 3.10. The van der Waals surface area contributed by atoms with Gasteiger partial charge in [-0.2, -0.15) is 0 Å². The number of likely N-dealkylation sites (N-methyl/N-ethyl adjacent to an activating group) is 1. The largest absolute Gasteiger partial charge is 0.392 e. The minimum atomic E-state index is -0.236. The van der Waals surface area contributed by atoms with Crippen LogP contribution in [0.5, 0.6) is 0 Å². The molecule has 4 heteroatoms. The van der Waals surface area contributed by atoms with Gasteiger partial charge in [0.15, 0.2) is 0 Å². The molecule has 0 aliphatic rings. The van der Waals surface area contributed by atoms with E-state index in [1.54, 1.807) is 0 Å². The summed E-state index contributed by atoms with van der Waals surface area (Å²) in [5.74, 6) is 1.05. The van der Waals surface area contributed by atoms with Crippen LogP contribution in [-0.2, 0) is 0 Å². The Labute approximate surface area is 323 Å². The van der Waals surface area contributed by atoms with Crippen LogP contribution >= 0.6 is 0 Å². The molecule has 0 aromatic heterocycles. The molecular formula is C47H98N2O2. The molecule has 51 heavy (non-hydrogen) atoms. The van der Waals surface area contributed by atoms with Crippen LogP contribution in [0.2, 0.25) is 0 Å². The summed E-state index contributed by atoms with van der Waals surface area (Å²) in [7, 11) is 2.18. The van der Waals surface area contributed by atoms with Gasteiger partial charge < -0.3 is 20.0 Å². The van der Waals surface area contributed by atoms with Crippen molar-refractivity contribution in [3.63, 3.8) is 0 Å². The van der Waals surface area contributed by atoms with Crippen molar-refractivity contribution in [2.45, 2.75) is 252 Å². The van der Waals surface area contributed by atoms with Crippen molar-refractivity contribution in [3.05, 3.63) is 0 Å². The summed E-state index contributed by atoms with van der Waals surface area (Å²) in [5, 5.41) is 22.0. The maximum Gasteiger partial charge on any atom is 0.0692 e. The van der Waals surface area contributed by atoms with Crippen molar-refractivity contribution in [2.24, 2.45) is 11.8 Å². The molecule has 0 aromatic rings. The van der Waals surface area contributed by atoms with E-state index in [1.165, 1.54) is 180 Å². The third kappa shape index (κ3) is 36.6. The quantitative estimate of drug-likeness (QED) is 0.0616. The molecule has 0 fully saturated rings. The highest BCUT2D eigenvalue weighted by Crippen LogP contribution is 2.19. The summed E-state index contributed by atoms with van der Waals surface area (Å²) in [6, 6.07) is 0. The van der Waals surface area contributed by atoms with Gasteiger partial charge in [-0.05, 0) is 57.7 Å². The van der Waals surface area contributed by atoms with Crippen molar-refractivity contribution in [2.75, 3.05) is 39.8 Å². The van der Waals surface area contributed by atoms with Crippen LogP contribution in [0.25, 0.3) is 0 Å². The second kappa shape index (κ2) is 39.5. The van der Waals surface area contributed by atoms with E-state index in [0.29, 0.717) is 11.8 Å². The van der Waals surface area contributed by atoms with Crippen molar-refractivity contribution in [1.82, 2.24) is 9.80 Å².